The maximum absolute atomic E-state index is 9.30. The normalized spacial score (nSPS) is 21.7. The molecule has 0 bridgehead atoms. The van der Waals surface area contributed by atoms with Crippen LogP contribution in [0.5, 0.6) is 0 Å². The molecule has 3 nitrogen and oxygen atoms in total. The van der Waals surface area contributed by atoms with Crippen LogP contribution in [0.3, 0.4) is 0 Å². The second-order valence-corrected chi connectivity index (χ2v) is 4.78. The molecule has 0 amide bonds. The molecular formula is C11H15BrN2O. The molecule has 2 rings (SSSR count). The van der Waals surface area contributed by atoms with E-state index in [4.69, 9.17) is 0 Å². The number of pyridine rings is 1. The zero-order chi connectivity index (χ0) is 10.7. The maximum Gasteiger partial charge on any atom is 0.128 e. The van der Waals surface area contributed by atoms with Gasteiger partial charge < -0.3 is 10.0 Å². The highest BCUT2D eigenvalue weighted by Gasteiger charge is 2.22. The van der Waals surface area contributed by atoms with Crippen LogP contribution < -0.4 is 4.90 Å². The summed E-state index contributed by atoms with van der Waals surface area (Å²) in [7, 11) is 0. The van der Waals surface area contributed by atoms with Gasteiger partial charge in [0.25, 0.3) is 0 Å². The molecule has 82 valence electrons. The number of piperidine rings is 1. The van der Waals surface area contributed by atoms with E-state index in [9.17, 15) is 5.11 Å². The van der Waals surface area contributed by atoms with Crippen molar-refractivity contribution >= 4 is 21.7 Å². The van der Waals surface area contributed by atoms with Gasteiger partial charge in [-0.2, -0.15) is 0 Å². The largest absolute Gasteiger partial charge is 0.394 e. The van der Waals surface area contributed by atoms with E-state index in [0.29, 0.717) is 0 Å². The molecule has 0 aromatic carbocycles. The third-order valence-corrected chi connectivity index (χ3v) is 3.31. The number of halogens is 1. The molecule has 1 saturated heterocycles. The zero-order valence-corrected chi connectivity index (χ0v) is 10.2. The molecule has 0 radical (unpaired) electrons. The maximum atomic E-state index is 9.30. The molecule has 2 heterocycles. The van der Waals surface area contributed by atoms with E-state index in [1.54, 1.807) is 6.20 Å². The molecule has 1 aromatic heterocycles. The van der Waals surface area contributed by atoms with E-state index in [0.717, 1.165) is 23.3 Å². The molecule has 0 saturated carbocycles. The van der Waals surface area contributed by atoms with Crippen LogP contribution in [0.4, 0.5) is 5.82 Å². The fourth-order valence-electron chi connectivity index (χ4n) is 2.03. The van der Waals surface area contributed by atoms with Crippen LogP contribution in [0.25, 0.3) is 0 Å². The molecule has 1 atom stereocenters. The Morgan fingerprint density at radius 2 is 2.33 bits per heavy atom. The van der Waals surface area contributed by atoms with Gasteiger partial charge >= 0.3 is 0 Å². The summed E-state index contributed by atoms with van der Waals surface area (Å²) < 4.78 is 0.990. The monoisotopic (exact) mass is 270 g/mol. The van der Waals surface area contributed by atoms with Crippen LogP contribution in [0.1, 0.15) is 19.3 Å². The van der Waals surface area contributed by atoms with Gasteiger partial charge in [-0.3, -0.25) is 0 Å². The Morgan fingerprint density at radius 1 is 1.47 bits per heavy atom. The topological polar surface area (TPSA) is 36.4 Å². The summed E-state index contributed by atoms with van der Waals surface area (Å²) >= 11 is 3.37. The average Bonchev–Trinajstić information content (AvgIpc) is 2.30. The number of anilines is 1. The fraction of sp³-hybridized carbons (Fsp3) is 0.545. The number of hydrogen-bond acceptors (Lipinski definition) is 3. The first-order valence-electron chi connectivity index (χ1n) is 5.30. The highest BCUT2D eigenvalue weighted by Crippen LogP contribution is 2.23. The second-order valence-electron chi connectivity index (χ2n) is 3.86. The first kappa shape index (κ1) is 10.9. The zero-order valence-electron chi connectivity index (χ0n) is 8.56. The Kier molecular flexibility index (Phi) is 3.59. The van der Waals surface area contributed by atoms with E-state index in [2.05, 4.69) is 25.8 Å². The van der Waals surface area contributed by atoms with Gasteiger partial charge in [0.1, 0.15) is 5.82 Å². The summed E-state index contributed by atoms with van der Waals surface area (Å²) in [5, 5.41) is 9.30. The van der Waals surface area contributed by atoms with Crippen molar-refractivity contribution < 1.29 is 5.11 Å². The number of hydrogen-bond donors (Lipinski definition) is 1. The lowest BCUT2D eigenvalue weighted by atomic mass is 10.0. The average molecular weight is 271 g/mol. The lowest BCUT2D eigenvalue weighted by Crippen LogP contribution is -2.42. The lowest BCUT2D eigenvalue weighted by molar-refractivity contribution is 0.239. The SMILES string of the molecule is OCC1CCCCN1c1ccc(Br)cn1. The molecule has 15 heavy (non-hydrogen) atoms. The van der Waals surface area contributed by atoms with Gasteiger partial charge in [-0.05, 0) is 47.3 Å². The molecule has 1 aromatic rings. The van der Waals surface area contributed by atoms with E-state index in [1.165, 1.54) is 12.8 Å². The molecule has 0 spiro atoms. The minimum Gasteiger partial charge on any atom is -0.394 e. The van der Waals surface area contributed by atoms with Crippen LogP contribution in [0.15, 0.2) is 22.8 Å². The first-order valence-corrected chi connectivity index (χ1v) is 6.09. The van der Waals surface area contributed by atoms with Gasteiger partial charge in [0, 0.05) is 17.2 Å². The summed E-state index contributed by atoms with van der Waals surface area (Å²) in [6, 6.07) is 4.23. The van der Waals surface area contributed by atoms with E-state index in [1.807, 2.05) is 12.1 Å². The van der Waals surface area contributed by atoms with Crippen molar-refractivity contribution in [3.05, 3.63) is 22.8 Å². The first-order chi connectivity index (χ1) is 7.31. The Morgan fingerprint density at radius 3 is 3.00 bits per heavy atom. The summed E-state index contributed by atoms with van der Waals surface area (Å²) in [4.78, 5) is 6.57. The molecule has 1 unspecified atom stereocenters. The van der Waals surface area contributed by atoms with Gasteiger partial charge in [0.2, 0.25) is 0 Å². The number of rotatable bonds is 2. The predicted octanol–water partition coefficient (Wildman–Crippen LogP) is 2.20. The van der Waals surface area contributed by atoms with Crippen molar-refractivity contribution in [1.29, 1.82) is 0 Å². The number of aliphatic hydroxyl groups excluding tert-OH is 1. The Bertz CT molecular complexity index is 315. The van der Waals surface area contributed by atoms with Crippen molar-refractivity contribution in [2.75, 3.05) is 18.1 Å². The molecule has 1 aliphatic rings. The quantitative estimate of drug-likeness (QED) is 0.895. The van der Waals surface area contributed by atoms with Gasteiger partial charge in [-0.1, -0.05) is 0 Å². The van der Waals surface area contributed by atoms with Crippen molar-refractivity contribution in [3.63, 3.8) is 0 Å². The van der Waals surface area contributed by atoms with Crippen LogP contribution in [-0.2, 0) is 0 Å². The van der Waals surface area contributed by atoms with Crippen molar-refractivity contribution in [3.8, 4) is 0 Å². The Labute approximate surface area is 98.3 Å². The van der Waals surface area contributed by atoms with E-state index < -0.39 is 0 Å². The van der Waals surface area contributed by atoms with Crippen LogP contribution in [0, 0.1) is 0 Å². The molecule has 0 aliphatic carbocycles. The summed E-state index contributed by atoms with van der Waals surface area (Å²) in [5.74, 6) is 0.969. The Balaban J connectivity index is 2.16. The highest BCUT2D eigenvalue weighted by atomic mass is 79.9. The summed E-state index contributed by atoms with van der Waals surface area (Å²) in [6.07, 6.45) is 5.26. The summed E-state index contributed by atoms with van der Waals surface area (Å²) in [6.45, 7) is 1.22. The molecular weight excluding hydrogens is 256 g/mol. The molecule has 1 N–H and O–H groups in total. The van der Waals surface area contributed by atoms with Crippen LogP contribution >= 0.6 is 15.9 Å². The Hall–Kier alpha value is -0.610. The van der Waals surface area contributed by atoms with Crippen molar-refractivity contribution in [2.24, 2.45) is 0 Å². The van der Waals surface area contributed by atoms with Gasteiger partial charge in [-0.25, -0.2) is 4.98 Å². The molecule has 4 heteroatoms. The second kappa shape index (κ2) is 4.94. The smallest absolute Gasteiger partial charge is 0.128 e. The predicted molar refractivity (Wildman–Crippen MR) is 64.0 cm³/mol. The standard InChI is InChI=1S/C11H15BrN2O/c12-9-4-5-11(13-7-9)14-6-2-1-3-10(14)8-15/h4-5,7,10,15H,1-3,6,8H2. The molecule has 1 aliphatic heterocycles. The lowest BCUT2D eigenvalue weighted by Gasteiger charge is -2.35. The minimum absolute atomic E-state index is 0.220. The van der Waals surface area contributed by atoms with Crippen molar-refractivity contribution in [1.82, 2.24) is 4.98 Å². The number of nitrogens with zero attached hydrogens (tertiary/aromatic N) is 2. The third-order valence-electron chi connectivity index (χ3n) is 2.84. The van der Waals surface area contributed by atoms with Crippen LogP contribution in [0.2, 0.25) is 0 Å². The van der Waals surface area contributed by atoms with Crippen molar-refractivity contribution in [2.45, 2.75) is 25.3 Å². The number of aliphatic hydroxyl groups is 1. The highest BCUT2D eigenvalue weighted by molar-refractivity contribution is 9.10. The number of aromatic nitrogens is 1. The third kappa shape index (κ3) is 2.49. The molecule has 1 fully saturated rings. The van der Waals surface area contributed by atoms with E-state index >= 15 is 0 Å². The van der Waals surface area contributed by atoms with Gasteiger partial charge in [0.15, 0.2) is 0 Å². The van der Waals surface area contributed by atoms with Gasteiger partial charge in [-0.15, -0.1) is 0 Å². The minimum atomic E-state index is 0.220. The van der Waals surface area contributed by atoms with Crippen LogP contribution in [-0.4, -0.2) is 29.3 Å². The van der Waals surface area contributed by atoms with Gasteiger partial charge in [0.05, 0.1) is 12.6 Å². The van der Waals surface area contributed by atoms with E-state index in [-0.39, 0.29) is 12.6 Å². The summed E-state index contributed by atoms with van der Waals surface area (Å²) in [5.41, 5.74) is 0. The fourth-order valence-corrected chi connectivity index (χ4v) is 2.26.